The lowest BCUT2D eigenvalue weighted by Gasteiger charge is -2.07. The zero-order valence-electron chi connectivity index (χ0n) is 17.1. The Labute approximate surface area is 175 Å². The maximum atomic E-state index is 13.1. The van der Waals surface area contributed by atoms with Gasteiger partial charge in [-0.1, -0.05) is 6.08 Å². The maximum Gasteiger partial charge on any atom is 0.291 e. The summed E-state index contributed by atoms with van der Waals surface area (Å²) in [5.41, 5.74) is 3.00. The smallest absolute Gasteiger partial charge is 0.291 e. The lowest BCUT2D eigenvalue weighted by Crippen LogP contribution is -2.25. The van der Waals surface area contributed by atoms with Gasteiger partial charge in [0.2, 0.25) is 0 Å². The quantitative estimate of drug-likeness (QED) is 0.479. The molecule has 0 unspecified atom stereocenters. The number of ketones is 1. The number of nitrogens with one attached hydrogen (secondary N) is 1. The van der Waals surface area contributed by atoms with Crippen molar-refractivity contribution in [3.63, 3.8) is 0 Å². The molecule has 0 saturated heterocycles. The molecule has 0 radical (unpaired) electrons. The van der Waals surface area contributed by atoms with Crippen LogP contribution in [0, 0.1) is 0 Å². The fourth-order valence-corrected chi connectivity index (χ4v) is 4.32. The Balaban J connectivity index is 1.74. The van der Waals surface area contributed by atoms with Crippen molar-refractivity contribution < 1.29 is 4.79 Å². The normalized spacial score (nSPS) is 12.9. The average Bonchev–Trinajstić information content (AvgIpc) is 3.42. The van der Waals surface area contributed by atoms with E-state index >= 15 is 0 Å². The highest BCUT2D eigenvalue weighted by molar-refractivity contribution is 7.19. The lowest BCUT2D eigenvalue weighted by molar-refractivity contribution is -0.111. The Morgan fingerprint density at radius 1 is 1.37 bits per heavy atom. The van der Waals surface area contributed by atoms with E-state index < -0.39 is 0 Å². The highest BCUT2D eigenvalue weighted by Gasteiger charge is 2.19. The molecule has 0 aliphatic rings. The molecule has 0 saturated carbocycles. The van der Waals surface area contributed by atoms with Crippen LogP contribution in [-0.4, -0.2) is 41.0 Å². The second-order valence-corrected chi connectivity index (χ2v) is 8.05. The number of hydrogen-bond acceptors (Lipinski definition) is 7. The van der Waals surface area contributed by atoms with E-state index in [1.165, 1.54) is 11.6 Å². The van der Waals surface area contributed by atoms with Crippen LogP contribution in [0.15, 0.2) is 40.0 Å². The second-order valence-electron chi connectivity index (χ2n) is 6.96. The number of aryl methyl sites for hydroxylation is 1. The summed E-state index contributed by atoms with van der Waals surface area (Å²) < 4.78 is 4.12. The molecule has 0 amide bonds. The molecule has 0 aromatic carbocycles. The third kappa shape index (κ3) is 3.50. The van der Waals surface area contributed by atoms with E-state index in [1.54, 1.807) is 36.7 Å². The molecule has 4 heterocycles. The molecule has 154 valence electrons. The first-order valence-electron chi connectivity index (χ1n) is 9.43. The van der Waals surface area contributed by atoms with E-state index in [-0.39, 0.29) is 17.9 Å². The van der Waals surface area contributed by atoms with Crippen molar-refractivity contribution in [2.75, 3.05) is 0 Å². The third-order valence-electron chi connectivity index (χ3n) is 4.93. The zero-order chi connectivity index (χ0) is 21.4. The number of rotatable bonds is 6. The van der Waals surface area contributed by atoms with Crippen LogP contribution in [0.4, 0.5) is 0 Å². The van der Waals surface area contributed by atoms with Crippen LogP contribution in [0.2, 0.25) is 0 Å². The van der Waals surface area contributed by atoms with Gasteiger partial charge in [0.15, 0.2) is 11.4 Å². The van der Waals surface area contributed by atoms with Gasteiger partial charge in [0, 0.05) is 32.0 Å². The third-order valence-corrected chi connectivity index (χ3v) is 6.00. The van der Waals surface area contributed by atoms with Crippen molar-refractivity contribution in [1.29, 1.82) is 0 Å². The van der Waals surface area contributed by atoms with Crippen LogP contribution in [0.3, 0.4) is 0 Å². The largest absolute Gasteiger partial charge is 0.323 e. The SMILES string of the molecule is C/C=C(Cn1ncc2c3sc(Cc4cc[nH]n4)nc3n(C)c2c1=O)\N=C(/C)C(C)=O. The van der Waals surface area contributed by atoms with Gasteiger partial charge in [0.25, 0.3) is 5.56 Å². The fraction of sp³-hybridized carbons (Fsp3) is 0.300. The van der Waals surface area contributed by atoms with Crippen LogP contribution in [0.1, 0.15) is 31.5 Å². The van der Waals surface area contributed by atoms with Gasteiger partial charge in [-0.15, -0.1) is 11.3 Å². The summed E-state index contributed by atoms with van der Waals surface area (Å²) >= 11 is 1.55. The van der Waals surface area contributed by atoms with E-state index in [1.807, 2.05) is 24.6 Å². The van der Waals surface area contributed by atoms with Crippen LogP contribution >= 0.6 is 11.3 Å². The van der Waals surface area contributed by atoms with Crippen molar-refractivity contribution in [3.05, 3.63) is 51.3 Å². The number of aromatic nitrogens is 6. The van der Waals surface area contributed by atoms with Gasteiger partial charge in [-0.2, -0.15) is 10.2 Å². The summed E-state index contributed by atoms with van der Waals surface area (Å²) in [5, 5.41) is 13.0. The number of aliphatic imine (C=N–C) groups is 1. The Kier molecular flexibility index (Phi) is 5.17. The standard InChI is InChI=1S/C20H21N7O2S/c1-5-13(23-11(2)12(3)28)10-27-20(29)17-15(9-22-27)18-19(26(17)4)24-16(30-18)8-14-6-7-21-25-14/h5-7,9H,8,10H2,1-4H3,(H,21,25)/b13-5-,23-11+. The number of Topliss-reactive ketones (excluding diaryl/α,β-unsaturated/α-hetero) is 1. The molecule has 0 aliphatic carbocycles. The first kappa shape index (κ1) is 19.9. The summed E-state index contributed by atoms with van der Waals surface area (Å²) in [5.74, 6) is -0.107. The number of allylic oxidation sites excluding steroid dienone is 2. The van der Waals surface area contributed by atoms with Crippen LogP contribution in [-0.2, 0) is 24.8 Å². The molecule has 4 aromatic heterocycles. The Morgan fingerprint density at radius 2 is 2.17 bits per heavy atom. The predicted molar refractivity (Wildman–Crippen MR) is 117 cm³/mol. The summed E-state index contributed by atoms with van der Waals surface area (Å²) in [7, 11) is 1.84. The number of aromatic amines is 1. The monoisotopic (exact) mass is 423 g/mol. The fourth-order valence-electron chi connectivity index (χ4n) is 3.20. The molecule has 0 bridgehead atoms. The first-order chi connectivity index (χ1) is 14.4. The molecular formula is C20H21N7O2S. The van der Waals surface area contributed by atoms with Gasteiger partial charge in [-0.05, 0) is 19.9 Å². The molecule has 30 heavy (non-hydrogen) atoms. The summed E-state index contributed by atoms with van der Waals surface area (Å²) in [6, 6.07) is 1.92. The molecule has 4 rings (SSSR count). The Bertz CT molecular complexity index is 1370. The summed E-state index contributed by atoms with van der Waals surface area (Å²) in [6.45, 7) is 5.13. The molecule has 0 atom stereocenters. The van der Waals surface area contributed by atoms with Crippen LogP contribution in [0.25, 0.3) is 21.3 Å². The summed E-state index contributed by atoms with van der Waals surface area (Å²) in [6.07, 6.45) is 5.89. The topological polar surface area (TPSA) is 111 Å². The van der Waals surface area contributed by atoms with Crippen LogP contribution in [0.5, 0.6) is 0 Å². The zero-order valence-corrected chi connectivity index (χ0v) is 17.9. The van der Waals surface area contributed by atoms with Crippen molar-refractivity contribution in [3.8, 4) is 0 Å². The van der Waals surface area contributed by atoms with Gasteiger partial charge in [-0.3, -0.25) is 19.7 Å². The number of carbonyl (C=O) groups is 1. The van der Waals surface area contributed by atoms with Gasteiger partial charge in [0.1, 0.15) is 10.5 Å². The van der Waals surface area contributed by atoms with E-state index in [0.29, 0.717) is 23.3 Å². The minimum absolute atomic E-state index is 0.107. The molecular weight excluding hydrogens is 402 g/mol. The minimum Gasteiger partial charge on any atom is -0.323 e. The van der Waals surface area contributed by atoms with Crippen molar-refractivity contribution in [1.82, 2.24) is 29.5 Å². The molecule has 0 aliphatic heterocycles. The van der Waals surface area contributed by atoms with E-state index in [4.69, 9.17) is 4.98 Å². The number of fused-ring (bicyclic) bond motifs is 3. The van der Waals surface area contributed by atoms with Gasteiger partial charge >= 0.3 is 0 Å². The van der Waals surface area contributed by atoms with Crippen LogP contribution < -0.4 is 5.56 Å². The Hall–Kier alpha value is -3.40. The first-order valence-corrected chi connectivity index (χ1v) is 10.2. The van der Waals surface area contributed by atoms with E-state index in [0.717, 1.165) is 26.4 Å². The molecule has 0 fully saturated rings. The van der Waals surface area contributed by atoms with Gasteiger partial charge in [0.05, 0.1) is 34.5 Å². The second kappa shape index (κ2) is 7.79. The van der Waals surface area contributed by atoms with E-state index in [2.05, 4.69) is 20.3 Å². The Morgan fingerprint density at radius 3 is 2.83 bits per heavy atom. The molecule has 0 spiro atoms. The molecule has 9 nitrogen and oxygen atoms in total. The highest BCUT2D eigenvalue weighted by atomic mass is 32.1. The lowest BCUT2D eigenvalue weighted by atomic mass is 10.3. The number of hydrogen-bond donors (Lipinski definition) is 1. The van der Waals surface area contributed by atoms with Gasteiger partial charge in [-0.25, -0.2) is 9.67 Å². The van der Waals surface area contributed by atoms with Gasteiger partial charge < -0.3 is 4.57 Å². The van der Waals surface area contributed by atoms with Crippen molar-refractivity contribution in [2.45, 2.75) is 33.7 Å². The number of carbonyl (C=O) groups excluding carboxylic acids is 1. The van der Waals surface area contributed by atoms with E-state index in [9.17, 15) is 9.59 Å². The van der Waals surface area contributed by atoms with Crippen molar-refractivity contribution in [2.24, 2.45) is 12.0 Å². The maximum absolute atomic E-state index is 13.1. The minimum atomic E-state index is -0.218. The summed E-state index contributed by atoms with van der Waals surface area (Å²) in [4.78, 5) is 33.6. The predicted octanol–water partition coefficient (Wildman–Crippen LogP) is 2.61. The average molecular weight is 424 g/mol. The number of H-pyrrole nitrogens is 1. The van der Waals surface area contributed by atoms with Crippen molar-refractivity contribution >= 4 is 44.1 Å². The highest BCUT2D eigenvalue weighted by Crippen LogP contribution is 2.31. The molecule has 10 heteroatoms. The molecule has 4 aromatic rings. The molecule has 1 N–H and O–H groups in total. The number of thiazole rings is 1. The number of nitrogens with zero attached hydrogens (tertiary/aromatic N) is 6.